The molecule has 0 spiro atoms. The molecule has 5 nitrogen and oxygen atoms in total. The number of nitrogen functional groups attached to an aromatic ring is 1. The van der Waals surface area contributed by atoms with Crippen LogP contribution in [-0.4, -0.2) is 27.4 Å². The third kappa shape index (κ3) is 1.95. The van der Waals surface area contributed by atoms with Gasteiger partial charge in [0.05, 0.1) is 23.7 Å². The lowest BCUT2D eigenvalue weighted by Gasteiger charge is -2.13. The summed E-state index contributed by atoms with van der Waals surface area (Å²) in [5, 5.41) is 9.41. The van der Waals surface area contributed by atoms with Gasteiger partial charge in [-0.05, 0) is 31.0 Å². The van der Waals surface area contributed by atoms with E-state index in [9.17, 15) is 5.11 Å². The first-order chi connectivity index (χ1) is 8.78. The van der Waals surface area contributed by atoms with Gasteiger partial charge in [-0.25, -0.2) is 4.98 Å². The summed E-state index contributed by atoms with van der Waals surface area (Å²) in [7, 11) is 0. The third-order valence-electron chi connectivity index (χ3n) is 3.40. The summed E-state index contributed by atoms with van der Waals surface area (Å²) in [4.78, 5) is 4.41. The Morgan fingerprint density at radius 2 is 2.39 bits per heavy atom. The Balaban J connectivity index is 2.01. The molecule has 5 heteroatoms. The van der Waals surface area contributed by atoms with Gasteiger partial charge in [-0.3, -0.25) is 0 Å². The molecule has 0 saturated carbocycles. The number of fused-ring (bicyclic) bond motifs is 1. The zero-order valence-corrected chi connectivity index (χ0v) is 10.2. The second kappa shape index (κ2) is 4.59. The molecule has 2 aromatic rings. The van der Waals surface area contributed by atoms with Gasteiger partial charge in [0, 0.05) is 12.3 Å². The maximum Gasteiger partial charge on any atom is 0.135 e. The van der Waals surface area contributed by atoms with E-state index >= 15 is 0 Å². The highest BCUT2D eigenvalue weighted by molar-refractivity contribution is 5.79. The average molecular weight is 247 g/mol. The third-order valence-corrected chi connectivity index (χ3v) is 3.40. The van der Waals surface area contributed by atoms with Crippen LogP contribution in [0, 0.1) is 0 Å². The highest BCUT2D eigenvalue weighted by Gasteiger charge is 2.19. The fraction of sp³-hybridized carbons (Fsp3) is 0.462. The summed E-state index contributed by atoms with van der Waals surface area (Å²) in [6.07, 6.45) is 2.41. The zero-order valence-electron chi connectivity index (χ0n) is 10.2. The molecule has 1 aliphatic rings. The SMILES string of the molecule is Nc1ccc2c(c1)nc(CO)n2CC1CCCO1. The first-order valence-corrected chi connectivity index (χ1v) is 6.25. The van der Waals surface area contributed by atoms with Crippen LogP contribution in [-0.2, 0) is 17.9 Å². The zero-order chi connectivity index (χ0) is 12.5. The average Bonchev–Trinajstić information content (AvgIpc) is 2.97. The van der Waals surface area contributed by atoms with E-state index in [1.54, 1.807) is 0 Å². The van der Waals surface area contributed by atoms with Gasteiger partial charge in [-0.2, -0.15) is 0 Å². The van der Waals surface area contributed by atoms with E-state index in [0.717, 1.165) is 37.0 Å². The second-order valence-corrected chi connectivity index (χ2v) is 4.68. The molecule has 1 saturated heterocycles. The van der Waals surface area contributed by atoms with Gasteiger partial charge in [0.25, 0.3) is 0 Å². The summed E-state index contributed by atoms with van der Waals surface area (Å²) in [5.74, 6) is 0.672. The Morgan fingerprint density at radius 3 is 3.11 bits per heavy atom. The summed E-state index contributed by atoms with van der Waals surface area (Å²) in [6, 6.07) is 5.64. The lowest BCUT2D eigenvalue weighted by Crippen LogP contribution is -2.17. The summed E-state index contributed by atoms with van der Waals surface area (Å²) < 4.78 is 7.68. The smallest absolute Gasteiger partial charge is 0.135 e. The number of nitrogens with zero attached hydrogens (tertiary/aromatic N) is 2. The number of benzene rings is 1. The van der Waals surface area contributed by atoms with Crippen molar-refractivity contribution in [1.29, 1.82) is 0 Å². The molecule has 1 atom stereocenters. The summed E-state index contributed by atoms with van der Waals surface area (Å²) >= 11 is 0. The van der Waals surface area contributed by atoms with Crippen LogP contribution in [0.4, 0.5) is 5.69 Å². The van der Waals surface area contributed by atoms with E-state index < -0.39 is 0 Å². The predicted molar refractivity (Wildman–Crippen MR) is 69.0 cm³/mol. The van der Waals surface area contributed by atoms with E-state index in [4.69, 9.17) is 10.5 Å². The van der Waals surface area contributed by atoms with Crippen LogP contribution in [0.3, 0.4) is 0 Å². The fourth-order valence-corrected chi connectivity index (χ4v) is 2.51. The molecule has 0 radical (unpaired) electrons. The lowest BCUT2D eigenvalue weighted by molar-refractivity contribution is 0.0960. The van der Waals surface area contributed by atoms with Crippen LogP contribution in [0.25, 0.3) is 11.0 Å². The molecule has 1 fully saturated rings. The van der Waals surface area contributed by atoms with Crippen LogP contribution in [0.5, 0.6) is 0 Å². The van der Waals surface area contributed by atoms with Gasteiger partial charge in [0.2, 0.25) is 0 Å². The van der Waals surface area contributed by atoms with E-state index in [1.807, 2.05) is 22.8 Å². The minimum absolute atomic E-state index is 0.0682. The van der Waals surface area contributed by atoms with Gasteiger partial charge < -0.3 is 20.1 Å². The molecular weight excluding hydrogens is 230 g/mol. The molecule has 96 valence electrons. The molecule has 1 aliphatic heterocycles. The molecule has 1 aromatic carbocycles. The highest BCUT2D eigenvalue weighted by Crippen LogP contribution is 2.22. The Morgan fingerprint density at radius 1 is 1.50 bits per heavy atom. The number of aliphatic hydroxyl groups excluding tert-OH is 1. The Bertz CT molecular complexity index is 559. The first kappa shape index (κ1) is 11.5. The van der Waals surface area contributed by atoms with Crippen molar-refractivity contribution >= 4 is 16.7 Å². The van der Waals surface area contributed by atoms with Crippen molar-refractivity contribution in [2.45, 2.75) is 32.1 Å². The molecule has 18 heavy (non-hydrogen) atoms. The number of anilines is 1. The minimum Gasteiger partial charge on any atom is -0.399 e. The van der Waals surface area contributed by atoms with Gasteiger partial charge in [0.1, 0.15) is 12.4 Å². The maximum absolute atomic E-state index is 9.41. The van der Waals surface area contributed by atoms with Crippen LogP contribution < -0.4 is 5.73 Å². The van der Waals surface area contributed by atoms with Crippen molar-refractivity contribution in [2.75, 3.05) is 12.3 Å². The summed E-state index contributed by atoms with van der Waals surface area (Å²) in [6.45, 7) is 1.51. The summed E-state index contributed by atoms with van der Waals surface area (Å²) in [5.41, 5.74) is 8.27. The number of aliphatic hydroxyl groups is 1. The van der Waals surface area contributed by atoms with Crippen molar-refractivity contribution in [3.8, 4) is 0 Å². The fourth-order valence-electron chi connectivity index (χ4n) is 2.51. The number of rotatable bonds is 3. The van der Waals surface area contributed by atoms with E-state index in [-0.39, 0.29) is 12.7 Å². The predicted octanol–water partition coefficient (Wildman–Crippen LogP) is 1.29. The van der Waals surface area contributed by atoms with Crippen LogP contribution in [0.15, 0.2) is 18.2 Å². The monoisotopic (exact) mass is 247 g/mol. The molecular formula is C13H17N3O2. The van der Waals surface area contributed by atoms with Crippen LogP contribution in [0.2, 0.25) is 0 Å². The van der Waals surface area contributed by atoms with Crippen molar-refractivity contribution in [3.05, 3.63) is 24.0 Å². The Hall–Kier alpha value is -1.59. The van der Waals surface area contributed by atoms with E-state index in [0.29, 0.717) is 11.5 Å². The Labute approximate surface area is 105 Å². The standard InChI is InChI=1S/C13H17N3O2/c14-9-3-4-12-11(6-9)15-13(8-17)16(12)7-10-2-1-5-18-10/h3-4,6,10,17H,1-2,5,7-8,14H2. The van der Waals surface area contributed by atoms with E-state index in [2.05, 4.69) is 4.98 Å². The normalized spacial score (nSPS) is 19.7. The van der Waals surface area contributed by atoms with Crippen molar-refractivity contribution in [1.82, 2.24) is 9.55 Å². The first-order valence-electron chi connectivity index (χ1n) is 6.25. The van der Waals surface area contributed by atoms with Crippen molar-refractivity contribution < 1.29 is 9.84 Å². The van der Waals surface area contributed by atoms with Gasteiger partial charge >= 0.3 is 0 Å². The Kier molecular flexibility index (Phi) is 2.93. The lowest BCUT2D eigenvalue weighted by atomic mass is 10.2. The molecule has 1 aromatic heterocycles. The molecule has 0 amide bonds. The van der Waals surface area contributed by atoms with Crippen molar-refractivity contribution in [3.63, 3.8) is 0 Å². The number of nitrogens with two attached hydrogens (primary N) is 1. The van der Waals surface area contributed by atoms with Gasteiger partial charge in [-0.1, -0.05) is 0 Å². The van der Waals surface area contributed by atoms with E-state index in [1.165, 1.54) is 0 Å². The second-order valence-electron chi connectivity index (χ2n) is 4.68. The topological polar surface area (TPSA) is 73.3 Å². The van der Waals surface area contributed by atoms with Gasteiger partial charge in [-0.15, -0.1) is 0 Å². The number of ether oxygens (including phenoxy) is 1. The number of hydrogen-bond donors (Lipinski definition) is 2. The molecule has 1 unspecified atom stereocenters. The maximum atomic E-state index is 9.41. The molecule has 2 heterocycles. The largest absolute Gasteiger partial charge is 0.399 e. The minimum atomic E-state index is -0.0682. The number of imidazole rings is 1. The van der Waals surface area contributed by atoms with Crippen molar-refractivity contribution in [2.24, 2.45) is 0 Å². The quantitative estimate of drug-likeness (QED) is 0.802. The molecule has 3 rings (SSSR count). The van der Waals surface area contributed by atoms with Crippen LogP contribution in [0.1, 0.15) is 18.7 Å². The van der Waals surface area contributed by atoms with Crippen LogP contribution >= 0.6 is 0 Å². The molecule has 3 N–H and O–H groups in total. The molecule has 0 bridgehead atoms. The molecule has 0 aliphatic carbocycles. The van der Waals surface area contributed by atoms with Gasteiger partial charge in [0.15, 0.2) is 0 Å². The number of aromatic nitrogens is 2. The highest BCUT2D eigenvalue weighted by atomic mass is 16.5. The number of hydrogen-bond acceptors (Lipinski definition) is 4.